The average molecular weight is 775 g/mol. The Morgan fingerprint density at radius 2 is 0.883 bits per heavy atom. The molecule has 0 aliphatic carbocycles. The number of hydrogen-bond donors (Lipinski definition) is 0. The molecule has 1 aromatic heterocycles. The highest BCUT2D eigenvalue weighted by molar-refractivity contribution is 6.02. The van der Waals surface area contributed by atoms with E-state index in [1.54, 1.807) is 0 Å². The molecule has 0 N–H and O–H groups in total. The van der Waals surface area contributed by atoms with Gasteiger partial charge in [-0.1, -0.05) is 178 Å². The van der Waals surface area contributed by atoms with Crippen molar-refractivity contribution in [3.63, 3.8) is 0 Å². The molecule has 2 atom stereocenters. The van der Waals surface area contributed by atoms with Crippen LogP contribution < -0.4 is 4.90 Å². The molecule has 0 fully saturated rings. The highest BCUT2D eigenvalue weighted by Gasteiger charge is 2.27. The lowest BCUT2D eigenvalue weighted by atomic mass is 9.83. The lowest BCUT2D eigenvalue weighted by molar-refractivity contribution is 0.544. The van der Waals surface area contributed by atoms with E-state index in [9.17, 15) is 0 Å². The topological polar surface area (TPSA) is 34.0 Å². The fourth-order valence-corrected chi connectivity index (χ4v) is 9.04. The average Bonchev–Trinajstić information content (AvgIpc) is 3.73. The van der Waals surface area contributed by atoms with Gasteiger partial charge in [-0.05, 0) is 101 Å². The molecule has 1 aliphatic heterocycles. The molecular formula is C56H46N4. The van der Waals surface area contributed by atoms with Crippen molar-refractivity contribution >= 4 is 17.1 Å². The first kappa shape index (κ1) is 37.0. The number of aromatic nitrogens is 3. The summed E-state index contributed by atoms with van der Waals surface area (Å²) in [7, 11) is 0. The van der Waals surface area contributed by atoms with Gasteiger partial charge in [0.05, 0.1) is 11.4 Å². The second-order valence-electron chi connectivity index (χ2n) is 15.8. The van der Waals surface area contributed by atoms with Crippen molar-refractivity contribution in [1.82, 2.24) is 14.8 Å². The maximum atomic E-state index is 4.80. The van der Waals surface area contributed by atoms with Gasteiger partial charge in [-0.25, -0.2) is 0 Å². The molecule has 10 rings (SSSR count). The zero-order valence-corrected chi connectivity index (χ0v) is 34.0. The predicted molar refractivity (Wildman–Crippen MR) is 249 cm³/mol. The molecule has 2 unspecified atom stereocenters. The van der Waals surface area contributed by atoms with Crippen LogP contribution in [-0.2, 0) is 0 Å². The van der Waals surface area contributed by atoms with Crippen molar-refractivity contribution in [2.45, 2.75) is 38.5 Å². The Hall–Kier alpha value is -7.30. The van der Waals surface area contributed by atoms with Crippen LogP contribution in [0.5, 0.6) is 0 Å². The van der Waals surface area contributed by atoms with Crippen LogP contribution in [0.25, 0.3) is 61.8 Å². The van der Waals surface area contributed by atoms with E-state index in [1.165, 1.54) is 55.9 Å². The number of rotatable bonds is 10. The molecule has 60 heavy (non-hydrogen) atoms. The molecule has 290 valence electrons. The number of fused-ring (bicyclic) bond motifs is 5. The standard InChI is InChI=1S/C56H46N4/c1-3-40(46-35-36-54-52(38-46)50-24-14-13-23-49(50)51-25-15-16-26-53(51)59(54)47-19-9-5-10-20-47)37-39(2)41-27-31-44(32-28-41)55-57-58-56(60(55)48-21-11-6-12-22-48)45-33-29-43(30-34-45)42-17-7-4-8-18-42/h4-36,38-40H,3,37H2,1-2H3. The van der Waals surface area contributed by atoms with E-state index in [2.05, 4.69) is 217 Å². The monoisotopic (exact) mass is 774 g/mol. The van der Waals surface area contributed by atoms with Gasteiger partial charge in [-0.2, -0.15) is 0 Å². The summed E-state index contributed by atoms with van der Waals surface area (Å²) in [6.07, 6.45) is 2.10. The van der Waals surface area contributed by atoms with Crippen LogP contribution in [0.4, 0.5) is 17.1 Å². The highest BCUT2D eigenvalue weighted by Crippen LogP contribution is 2.51. The van der Waals surface area contributed by atoms with E-state index in [0.29, 0.717) is 11.8 Å². The third kappa shape index (κ3) is 6.90. The molecular weight excluding hydrogens is 729 g/mol. The van der Waals surface area contributed by atoms with Gasteiger partial charge >= 0.3 is 0 Å². The summed E-state index contributed by atoms with van der Waals surface area (Å²) in [5, 5.41) is 9.58. The molecule has 0 amide bonds. The minimum absolute atomic E-state index is 0.353. The number of hydrogen-bond acceptors (Lipinski definition) is 3. The molecule has 0 spiro atoms. The summed E-state index contributed by atoms with van der Waals surface area (Å²) >= 11 is 0. The van der Waals surface area contributed by atoms with Gasteiger partial charge in [-0.3, -0.25) is 4.57 Å². The first-order chi connectivity index (χ1) is 29.6. The molecule has 9 aromatic rings. The first-order valence-corrected chi connectivity index (χ1v) is 21.1. The van der Waals surface area contributed by atoms with E-state index in [1.807, 2.05) is 12.1 Å². The number of para-hydroxylation sites is 3. The lowest BCUT2D eigenvalue weighted by Gasteiger charge is -2.28. The van der Waals surface area contributed by atoms with Gasteiger partial charge in [0, 0.05) is 33.6 Å². The minimum atomic E-state index is 0.353. The quantitative estimate of drug-likeness (QED) is 0.139. The Morgan fingerprint density at radius 1 is 0.417 bits per heavy atom. The van der Waals surface area contributed by atoms with Crippen molar-refractivity contribution in [2.24, 2.45) is 0 Å². The van der Waals surface area contributed by atoms with Crippen LogP contribution in [0.3, 0.4) is 0 Å². The Labute approximate surface area is 353 Å². The Kier molecular flexibility index (Phi) is 9.96. The summed E-state index contributed by atoms with van der Waals surface area (Å²) in [5.74, 6) is 2.39. The van der Waals surface area contributed by atoms with Crippen molar-refractivity contribution in [3.05, 3.63) is 217 Å². The van der Waals surface area contributed by atoms with Crippen molar-refractivity contribution in [2.75, 3.05) is 4.90 Å². The second-order valence-corrected chi connectivity index (χ2v) is 15.8. The Balaban J connectivity index is 0.950. The molecule has 4 nitrogen and oxygen atoms in total. The van der Waals surface area contributed by atoms with E-state index >= 15 is 0 Å². The molecule has 4 heteroatoms. The maximum absolute atomic E-state index is 4.80. The van der Waals surface area contributed by atoms with Crippen molar-refractivity contribution in [3.8, 4) is 61.8 Å². The fraction of sp³-hybridized carbons (Fsp3) is 0.107. The number of benzene rings is 8. The number of nitrogens with zero attached hydrogens (tertiary/aromatic N) is 4. The molecule has 0 saturated heterocycles. The summed E-state index contributed by atoms with van der Waals surface area (Å²) in [5.41, 5.74) is 16.8. The highest BCUT2D eigenvalue weighted by atomic mass is 15.3. The number of anilines is 3. The van der Waals surface area contributed by atoms with Crippen LogP contribution in [-0.4, -0.2) is 14.8 Å². The second kappa shape index (κ2) is 16.2. The van der Waals surface area contributed by atoms with Gasteiger partial charge in [-0.15, -0.1) is 10.2 Å². The van der Waals surface area contributed by atoms with Gasteiger partial charge in [0.25, 0.3) is 0 Å². The molecule has 0 radical (unpaired) electrons. The fourth-order valence-electron chi connectivity index (χ4n) is 9.04. The van der Waals surface area contributed by atoms with E-state index in [4.69, 9.17) is 10.2 Å². The minimum Gasteiger partial charge on any atom is -0.309 e. The van der Waals surface area contributed by atoms with Crippen LogP contribution in [0.2, 0.25) is 0 Å². The zero-order valence-electron chi connectivity index (χ0n) is 34.0. The van der Waals surface area contributed by atoms with Crippen LogP contribution in [0, 0.1) is 0 Å². The van der Waals surface area contributed by atoms with Crippen LogP contribution in [0.15, 0.2) is 206 Å². The molecule has 0 bridgehead atoms. The van der Waals surface area contributed by atoms with E-state index < -0.39 is 0 Å². The summed E-state index contributed by atoms with van der Waals surface area (Å²) < 4.78 is 2.18. The normalized spacial score (nSPS) is 12.8. The van der Waals surface area contributed by atoms with Crippen LogP contribution in [0.1, 0.15) is 49.7 Å². The zero-order chi connectivity index (χ0) is 40.4. The molecule has 2 heterocycles. The van der Waals surface area contributed by atoms with Gasteiger partial charge in [0.15, 0.2) is 11.6 Å². The lowest BCUT2D eigenvalue weighted by Crippen LogP contribution is -2.11. The van der Waals surface area contributed by atoms with Gasteiger partial charge in [0.2, 0.25) is 0 Å². The van der Waals surface area contributed by atoms with E-state index in [-0.39, 0.29) is 0 Å². The van der Waals surface area contributed by atoms with Gasteiger partial charge < -0.3 is 4.90 Å². The van der Waals surface area contributed by atoms with Crippen LogP contribution >= 0.6 is 0 Å². The summed E-state index contributed by atoms with van der Waals surface area (Å²) in [4.78, 5) is 2.43. The van der Waals surface area contributed by atoms with Crippen molar-refractivity contribution < 1.29 is 0 Å². The smallest absolute Gasteiger partial charge is 0.168 e. The maximum Gasteiger partial charge on any atom is 0.168 e. The summed E-state index contributed by atoms with van der Waals surface area (Å²) in [6, 6.07) is 74.2. The third-order valence-electron chi connectivity index (χ3n) is 12.2. The predicted octanol–water partition coefficient (Wildman–Crippen LogP) is 15.1. The molecule has 0 saturated carbocycles. The SMILES string of the molecule is CCC(CC(C)c1ccc(-c2nnc(-c3ccc(-c4ccccc4)cc3)n2-c2ccccc2)cc1)c1ccc2c(c1)-c1ccccc1-c1ccccc1N2c1ccccc1. The van der Waals surface area contributed by atoms with E-state index in [0.717, 1.165) is 47.0 Å². The molecule has 8 aromatic carbocycles. The summed E-state index contributed by atoms with van der Waals surface area (Å²) in [6.45, 7) is 4.70. The van der Waals surface area contributed by atoms with Crippen molar-refractivity contribution in [1.29, 1.82) is 0 Å². The van der Waals surface area contributed by atoms with Gasteiger partial charge in [0.1, 0.15) is 0 Å². The first-order valence-electron chi connectivity index (χ1n) is 21.1. The Bertz CT molecular complexity index is 2880. The molecule has 1 aliphatic rings. The largest absolute Gasteiger partial charge is 0.309 e. The Morgan fingerprint density at radius 3 is 1.52 bits per heavy atom. The third-order valence-corrected chi connectivity index (χ3v) is 12.2.